The molecule has 0 saturated carbocycles. The number of fused-ring (bicyclic) bond motifs is 2. The molecule has 0 atom stereocenters. The molecule has 36 heavy (non-hydrogen) atoms. The highest BCUT2D eigenvalue weighted by Gasteiger charge is 2.25. The number of hydrogen-bond acceptors (Lipinski definition) is 5. The molecule has 180 valence electrons. The molecule has 0 bridgehead atoms. The van der Waals surface area contributed by atoms with Crippen LogP contribution in [0.2, 0.25) is 5.02 Å². The maximum absolute atomic E-state index is 6.07. The number of aryl methyl sites for hydroxylation is 1. The average Bonchev–Trinajstić information content (AvgIpc) is 3.51. The Bertz CT molecular complexity index is 1500. The zero-order valence-electron chi connectivity index (χ0n) is 19.7. The molecule has 0 amide bonds. The summed E-state index contributed by atoms with van der Waals surface area (Å²) in [6, 6.07) is 22.2. The lowest BCUT2D eigenvalue weighted by atomic mass is 9.96. The van der Waals surface area contributed by atoms with Crippen LogP contribution in [-0.2, 0) is 13.0 Å². The molecule has 0 saturated heterocycles. The number of thioether (sulfide) groups is 1. The number of halogens is 1. The van der Waals surface area contributed by atoms with Crippen molar-refractivity contribution in [1.82, 2.24) is 19.7 Å². The molecule has 0 radical (unpaired) electrons. The highest BCUT2D eigenvalue weighted by molar-refractivity contribution is 7.99. The van der Waals surface area contributed by atoms with Gasteiger partial charge in [0.15, 0.2) is 0 Å². The van der Waals surface area contributed by atoms with Gasteiger partial charge in [0, 0.05) is 57.3 Å². The minimum atomic E-state index is 0.659. The van der Waals surface area contributed by atoms with Crippen LogP contribution in [0.3, 0.4) is 0 Å². The molecule has 0 fully saturated rings. The predicted molar refractivity (Wildman–Crippen MR) is 147 cm³/mol. The molecule has 0 spiro atoms. The Morgan fingerprint density at radius 3 is 2.75 bits per heavy atom. The van der Waals surface area contributed by atoms with Crippen molar-refractivity contribution in [2.45, 2.75) is 30.7 Å². The van der Waals surface area contributed by atoms with E-state index in [2.05, 4.69) is 38.9 Å². The lowest BCUT2D eigenvalue weighted by molar-refractivity contribution is 0.319. The average molecular weight is 513 g/mol. The predicted octanol–water partition coefficient (Wildman–Crippen LogP) is 7.32. The van der Waals surface area contributed by atoms with E-state index in [1.807, 2.05) is 66.6 Å². The van der Waals surface area contributed by atoms with Crippen LogP contribution in [0.25, 0.3) is 33.4 Å². The Morgan fingerprint density at radius 2 is 1.89 bits per heavy atom. The summed E-state index contributed by atoms with van der Waals surface area (Å²) in [5.41, 5.74) is 6.36. The van der Waals surface area contributed by atoms with E-state index in [-0.39, 0.29) is 0 Å². The van der Waals surface area contributed by atoms with Crippen molar-refractivity contribution < 1.29 is 4.74 Å². The number of benzene rings is 2. The molecule has 7 heteroatoms. The van der Waals surface area contributed by atoms with Crippen LogP contribution in [0.1, 0.15) is 18.5 Å². The Hall–Kier alpha value is -3.35. The summed E-state index contributed by atoms with van der Waals surface area (Å²) in [4.78, 5) is 10.5. The zero-order valence-corrected chi connectivity index (χ0v) is 21.3. The number of aromatic nitrogens is 4. The first kappa shape index (κ1) is 23.1. The SMILES string of the molecule is Clc1ccc(SCCCOc2ccc3c(-c4c(-c5ccccn5)nn5c4CCC5)ccnc3c2)cc1. The lowest BCUT2D eigenvalue weighted by Crippen LogP contribution is -1.99. The van der Waals surface area contributed by atoms with E-state index >= 15 is 0 Å². The fourth-order valence-corrected chi connectivity index (χ4v) is 5.66. The van der Waals surface area contributed by atoms with Crippen molar-refractivity contribution in [3.8, 4) is 28.3 Å². The second-order valence-corrected chi connectivity index (χ2v) is 10.4. The van der Waals surface area contributed by atoms with E-state index < -0.39 is 0 Å². The Morgan fingerprint density at radius 1 is 0.972 bits per heavy atom. The molecule has 0 N–H and O–H groups in total. The second kappa shape index (κ2) is 10.3. The molecular weight excluding hydrogens is 488 g/mol. The standard InChI is InChI=1S/C29H25ClN4OS/c30-20-7-10-22(11-8-20)36-18-4-17-35-21-9-12-23-24(13-15-32-26(23)19-21)28-27-6-3-16-34(27)33-29(28)25-5-1-2-14-31-25/h1-2,5,7-15,19H,3-4,6,16-18H2. The molecular formula is C29H25ClN4OS. The molecule has 0 aliphatic carbocycles. The molecule has 2 aromatic carbocycles. The first-order chi connectivity index (χ1) is 17.8. The lowest BCUT2D eigenvalue weighted by Gasteiger charge is -2.11. The summed E-state index contributed by atoms with van der Waals surface area (Å²) in [6.07, 6.45) is 6.80. The topological polar surface area (TPSA) is 52.8 Å². The number of hydrogen-bond donors (Lipinski definition) is 0. The fourth-order valence-electron chi connectivity index (χ4n) is 4.70. The normalized spacial score (nSPS) is 12.7. The van der Waals surface area contributed by atoms with Gasteiger partial charge in [-0.15, -0.1) is 11.8 Å². The van der Waals surface area contributed by atoms with Gasteiger partial charge in [0.05, 0.1) is 17.8 Å². The quantitative estimate of drug-likeness (QED) is 0.161. The minimum Gasteiger partial charge on any atom is -0.493 e. The van der Waals surface area contributed by atoms with E-state index in [9.17, 15) is 0 Å². The Kier molecular flexibility index (Phi) is 6.62. The van der Waals surface area contributed by atoms with Crippen LogP contribution in [-0.4, -0.2) is 32.1 Å². The van der Waals surface area contributed by atoms with Gasteiger partial charge in [-0.2, -0.15) is 5.10 Å². The third kappa shape index (κ3) is 4.71. The second-order valence-electron chi connectivity index (χ2n) is 8.75. The molecule has 1 aliphatic rings. The van der Waals surface area contributed by atoms with Crippen molar-refractivity contribution in [3.05, 3.63) is 89.8 Å². The van der Waals surface area contributed by atoms with E-state index in [0.717, 1.165) is 70.2 Å². The van der Waals surface area contributed by atoms with Gasteiger partial charge in [-0.05, 0) is 79.4 Å². The van der Waals surface area contributed by atoms with Crippen molar-refractivity contribution >= 4 is 34.3 Å². The van der Waals surface area contributed by atoms with Gasteiger partial charge in [0.1, 0.15) is 11.4 Å². The zero-order chi connectivity index (χ0) is 24.3. The van der Waals surface area contributed by atoms with E-state index in [1.165, 1.54) is 16.2 Å². The van der Waals surface area contributed by atoms with Crippen molar-refractivity contribution in [2.75, 3.05) is 12.4 Å². The fraction of sp³-hybridized carbons (Fsp3) is 0.207. The van der Waals surface area contributed by atoms with Crippen molar-refractivity contribution in [2.24, 2.45) is 0 Å². The minimum absolute atomic E-state index is 0.659. The van der Waals surface area contributed by atoms with Crippen LogP contribution < -0.4 is 4.74 Å². The van der Waals surface area contributed by atoms with Crippen molar-refractivity contribution in [3.63, 3.8) is 0 Å². The largest absolute Gasteiger partial charge is 0.493 e. The summed E-state index contributed by atoms with van der Waals surface area (Å²) in [7, 11) is 0. The van der Waals surface area contributed by atoms with Gasteiger partial charge in [0.2, 0.25) is 0 Å². The summed E-state index contributed by atoms with van der Waals surface area (Å²) >= 11 is 7.77. The van der Waals surface area contributed by atoms with Crippen LogP contribution in [0.4, 0.5) is 0 Å². The van der Waals surface area contributed by atoms with Gasteiger partial charge < -0.3 is 4.74 Å². The molecule has 1 aliphatic heterocycles. The van der Waals surface area contributed by atoms with Crippen LogP contribution in [0.5, 0.6) is 5.75 Å². The molecule has 5 nitrogen and oxygen atoms in total. The van der Waals surface area contributed by atoms with Gasteiger partial charge in [-0.1, -0.05) is 17.7 Å². The molecule has 0 unspecified atom stereocenters. The number of ether oxygens (including phenoxy) is 1. The third-order valence-electron chi connectivity index (χ3n) is 6.37. The molecule has 6 rings (SSSR count). The van der Waals surface area contributed by atoms with Gasteiger partial charge >= 0.3 is 0 Å². The Balaban J connectivity index is 1.22. The summed E-state index contributed by atoms with van der Waals surface area (Å²) in [5.74, 6) is 1.83. The summed E-state index contributed by atoms with van der Waals surface area (Å²) in [6.45, 7) is 1.61. The maximum Gasteiger partial charge on any atom is 0.121 e. The monoisotopic (exact) mass is 512 g/mol. The van der Waals surface area contributed by atoms with E-state index in [4.69, 9.17) is 21.4 Å². The van der Waals surface area contributed by atoms with Crippen LogP contribution in [0.15, 0.2) is 84.0 Å². The third-order valence-corrected chi connectivity index (χ3v) is 7.72. The first-order valence-corrected chi connectivity index (χ1v) is 13.5. The first-order valence-electron chi connectivity index (χ1n) is 12.2. The van der Waals surface area contributed by atoms with Crippen molar-refractivity contribution in [1.29, 1.82) is 0 Å². The number of rotatable bonds is 8. The molecule has 4 heterocycles. The maximum atomic E-state index is 6.07. The summed E-state index contributed by atoms with van der Waals surface area (Å²) in [5, 5.41) is 6.81. The van der Waals surface area contributed by atoms with Gasteiger partial charge in [-0.25, -0.2) is 0 Å². The van der Waals surface area contributed by atoms with Gasteiger partial charge in [-0.3, -0.25) is 14.6 Å². The van der Waals surface area contributed by atoms with Crippen LogP contribution >= 0.6 is 23.4 Å². The number of nitrogens with zero attached hydrogens (tertiary/aromatic N) is 4. The highest BCUT2D eigenvalue weighted by atomic mass is 35.5. The number of pyridine rings is 2. The van der Waals surface area contributed by atoms with E-state index in [0.29, 0.717) is 6.61 Å². The molecule has 5 aromatic rings. The smallest absolute Gasteiger partial charge is 0.121 e. The summed E-state index contributed by atoms with van der Waals surface area (Å²) < 4.78 is 8.21. The van der Waals surface area contributed by atoms with Gasteiger partial charge in [0.25, 0.3) is 0 Å². The van der Waals surface area contributed by atoms with Crippen LogP contribution in [0, 0.1) is 0 Å². The Labute approximate surface area is 219 Å². The highest BCUT2D eigenvalue weighted by Crippen LogP contribution is 2.40. The van der Waals surface area contributed by atoms with E-state index in [1.54, 1.807) is 0 Å². The molecule has 3 aromatic heterocycles.